The van der Waals surface area contributed by atoms with Gasteiger partial charge in [0.25, 0.3) is 5.91 Å². The molecule has 78 valence electrons. The number of carbonyl (C=O) groups excluding carboxylic acids is 1. The van der Waals surface area contributed by atoms with Crippen molar-refractivity contribution < 1.29 is 4.79 Å². The van der Waals surface area contributed by atoms with Crippen LogP contribution >= 0.6 is 0 Å². The van der Waals surface area contributed by atoms with Crippen LogP contribution in [-0.4, -0.2) is 16.9 Å². The fourth-order valence-corrected chi connectivity index (χ4v) is 1.07. The van der Waals surface area contributed by atoms with Crippen molar-refractivity contribution in [2.45, 2.75) is 19.4 Å². The Morgan fingerprint density at radius 1 is 1.67 bits per heavy atom. The van der Waals surface area contributed by atoms with Gasteiger partial charge in [-0.3, -0.25) is 9.59 Å². The summed E-state index contributed by atoms with van der Waals surface area (Å²) in [6.07, 6.45) is 0.239. The van der Waals surface area contributed by atoms with Crippen molar-refractivity contribution in [3.05, 3.63) is 34.2 Å². The number of nitrogens with one attached hydrogen (secondary N) is 2. The topological polar surface area (TPSA) is 85.8 Å². The van der Waals surface area contributed by atoms with Crippen LogP contribution in [0.5, 0.6) is 0 Å². The number of nitriles is 1. The molecule has 2 N–H and O–H groups in total. The summed E-state index contributed by atoms with van der Waals surface area (Å²) >= 11 is 0. The van der Waals surface area contributed by atoms with Crippen molar-refractivity contribution in [1.29, 1.82) is 5.26 Å². The van der Waals surface area contributed by atoms with Gasteiger partial charge >= 0.3 is 0 Å². The van der Waals surface area contributed by atoms with Gasteiger partial charge in [0.1, 0.15) is 5.69 Å². The lowest BCUT2D eigenvalue weighted by Crippen LogP contribution is -2.33. The third kappa shape index (κ3) is 3.27. The summed E-state index contributed by atoms with van der Waals surface area (Å²) in [5.74, 6) is -0.379. The monoisotopic (exact) mass is 205 g/mol. The summed E-state index contributed by atoms with van der Waals surface area (Å²) in [7, 11) is 0. The van der Waals surface area contributed by atoms with Crippen molar-refractivity contribution >= 4 is 5.91 Å². The first-order valence-corrected chi connectivity index (χ1v) is 4.50. The number of rotatable bonds is 3. The van der Waals surface area contributed by atoms with Gasteiger partial charge in [-0.25, -0.2) is 0 Å². The van der Waals surface area contributed by atoms with Crippen LogP contribution in [-0.2, 0) is 0 Å². The molecule has 0 spiro atoms. The number of hydrogen-bond acceptors (Lipinski definition) is 3. The summed E-state index contributed by atoms with van der Waals surface area (Å²) in [6.45, 7) is 1.72. The van der Waals surface area contributed by atoms with Crippen molar-refractivity contribution in [2.75, 3.05) is 0 Å². The Hall–Kier alpha value is -2.09. The average molecular weight is 205 g/mol. The van der Waals surface area contributed by atoms with Gasteiger partial charge in [-0.1, -0.05) is 6.07 Å². The van der Waals surface area contributed by atoms with E-state index in [1.165, 1.54) is 18.2 Å². The van der Waals surface area contributed by atoms with Gasteiger partial charge < -0.3 is 10.3 Å². The van der Waals surface area contributed by atoms with E-state index in [0.29, 0.717) is 0 Å². The molecule has 0 fully saturated rings. The Morgan fingerprint density at radius 2 is 2.40 bits per heavy atom. The van der Waals surface area contributed by atoms with Gasteiger partial charge in [0.15, 0.2) is 0 Å². The molecule has 5 heteroatoms. The summed E-state index contributed by atoms with van der Waals surface area (Å²) in [4.78, 5) is 24.8. The van der Waals surface area contributed by atoms with Crippen molar-refractivity contribution in [3.8, 4) is 6.07 Å². The number of aromatic amines is 1. The predicted octanol–water partition coefficient (Wildman–Crippen LogP) is 0.407. The molecule has 15 heavy (non-hydrogen) atoms. The summed E-state index contributed by atoms with van der Waals surface area (Å²) in [6, 6.07) is 6.06. The molecule has 5 nitrogen and oxygen atoms in total. The third-order valence-corrected chi connectivity index (χ3v) is 1.79. The van der Waals surface area contributed by atoms with Gasteiger partial charge in [0.05, 0.1) is 12.5 Å². The highest BCUT2D eigenvalue weighted by Crippen LogP contribution is 1.94. The minimum absolute atomic E-state index is 0.201. The number of nitrogens with zero attached hydrogens (tertiary/aromatic N) is 1. The maximum Gasteiger partial charge on any atom is 0.268 e. The molecule has 0 aliphatic heterocycles. The highest BCUT2D eigenvalue weighted by molar-refractivity contribution is 5.92. The number of aromatic nitrogens is 1. The zero-order valence-electron chi connectivity index (χ0n) is 8.28. The molecular formula is C10H11N3O2. The van der Waals surface area contributed by atoms with E-state index in [-0.39, 0.29) is 29.6 Å². The molecule has 0 aliphatic rings. The second-order valence-electron chi connectivity index (χ2n) is 3.17. The van der Waals surface area contributed by atoms with Crippen molar-refractivity contribution in [3.63, 3.8) is 0 Å². The lowest BCUT2D eigenvalue weighted by atomic mass is 10.2. The molecule has 1 heterocycles. The molecule has 0 saturated carbocycles. The molecule has 1 rings (SSSR count). The van der Waals surface area contributed by atoms with Crippen LogP contribution in [0.25, 0.3) is 0 Å². The first-order chi connectivity index (χ1) is 7.13. The van der Waals surface area contributed by atoms with Gasteiger partial charge in [-0.05, 0) is 13.0 Å². The minimum atomic E-state index is -0.379. The molecule has 0 radical (unpaired) electrons. The van der Waals surface area contributed by atoms with Crippen LogP contribution in [0.3, 0.4) is 0 Å². The second kappa shape index (κ2) is 4.96. The van der Waals surface area contributed by atoms with Gasteiger partial charge in [-0.2, -0.15) is 5.26 Å². The lowest BCUT2D eigenvalue weighted by molar-refractivity contribution is 0.0935. The number of carbonyl (C=O) groups is 1. The molecule has 1 amide bonds. The maximum atomic E-state index is 11.5. The van der Waals surface area contributed by atoms with E-state index in [9.17, 15) is 9.59 Å². The fraction of sp³-hybridized carbons (Fsp3) is 0.300. The molecule has 0 bridgehead atoms. The van der Waals surface area contributed by atoms with Crippen LogP contribution < -0.4 is 10.9 Å². The van der Waals surface area contributed by atoms with Crippen LogP contribution in [0.15, 0.2) is 23.0 Å². The van der Waals surface area contributed by atoms with E-state index in [1.54, 1.807) is 6.92 Å². The van der Waals surface area contributed by atoms with E-state index in [4.69, 9.17) is 5.26 Å². The highest BCUT2D eigenvalue weighted by atomic mass is 16.2. The van der Waals surface area contributed by atoms with E-state index in [0.717, 1.165) is 0 Å². The smallest absolute Gasteiger partial charge is 0.268 e. The quantitative estimate of drug-likeness (QED) is 0.749. The summed E-state index contributed by atoms with van der Waals surface area (Å²) in [5.41, 5.74) is -0.122. The minimum Gasteiger partial charge on any atom is -0.347 e. The number of H-pyrrole nitrogens is 1. The van der Waals surface area contributed by atoms with Crippen molar-refractivity contribution in [1.82, 2.24) is 10.3 Å². The maximum absolute atomic E-state index is 11.5. The Morgan fingerprint density at radius 3 is 3.00 bits per heavy atom. The molecular weight excluding hydrogens is 194 g/mol. The third-order valence-electron chi connectivity index (χ3n) is 1.79. The molecule has 1 aromatic rings. The van der Waals surface area contributed by atoms with E-state index < -0.39 is 0 Å². The highest BCUT2D eigenvalue weighted by Gasteiger charge is 2.09. The van der Waals surface area contributed by atoms with Gasteiger partial charge in [0, 0.05) is 12.1 Å². The van der Waals surface area contributed by atoms with Gasteiger partial charge in [-0.15, -0.1) is 0 Å². The zero-order valence-corrected chi connectivity index (χ0v) is 8.28. The van der Waals surface area contributed by atoms with E-state index >= 15 is 0 Å². The van der Waals surface area contributed by atoms with Crippen LogP contribution in [0.4, 0.5) is 0 Å². The second-order valence-corrected chi connectivity index (χ2v) is 3.17. The van der Waals surface area contributed by atoms with Gasteiger partial charge in [0.2, 0.25) is 5.56 Å². The Balaban J connectivity index is 2.70. The first-order valence-electron chi connectivity index (χ1n) is 4.50. The van der Waals surface area contributed by atoms with E-state index in [1.807, 2.05) is 6.07 Å². The van der Waals surface area contributed by atoms with Crippen LogP contribution in [0, 0.1) is 11.3 Å². The fourth-order valence-electron chi connectivity index (χ4n) is 1.07. The normalized spacial score (nSPS) is 11.5. The first kappa shape index (κ1) is 11.0. The molecule has 0 aliphatic carbocycles. The molecule has 1 atom stereocenters. The zero-order chi connectivity index (χ0) is 11.3. The van der Waals surface area contributed by atoms with Crippen LogP contribution in [0.1, 0.15) is 23.8 Å². The number of hydrogen-bond donors (Lipinski definition) is 2. The summed E-state index contributed by atoms with van der Waals surface area (Å²) in [5, 5.41) is 11.0. The Kier molecular flexibility index (Phi) is 3.63. The standard InChI is InChI=1S/C10H11N3O2/c1-7(5-6-11)12-10(15)8-3-2-4-9(14)13-8/h2-4,7H,5H2,1H3,(H,12,15)(H,13,14). The predicted molar refractivity (Wildman–Crippen MR) is 54.2 cm³/mol. The molecule has 0 saturated heterocycles. The van der Waals surface area contributed by atoms with Crippen molar-refractivity contribution in [2.24, 2.45) is 0 Å². The molecule has 0 aromatic carbocycles. The lowest BCUT2D eigenvalue weighted by Gasteiger charge is -2.09. The largest absolute Gasteiger partial charge is 0.347 e. The number of pyridine rings is 1. The van der Waals surface area contributed by atoms with E-state index in [2.05, 4.69) is 10.3 Å². The Labute approximate surface area is 86.7 Å². The SMILES string of the molecule is CC(CC#N)NC(=O)c1cccc(=O)[nH]1. The van der Waals surface area contributed by atoms with Crippen LogP contribution in [0.2, 0.25) is 0 Å². The Bertz CT molecular complexity index is 444. The summed E-state index contributed by atoms with van der Waals surface area (Å²) < 4.78 is 0. The average Bonchev–Trinajstić information content (AvgIpc) is 2.18. The number of amides is 1. The molecule has 1 unspecified atom stereocenters. The molecule has 1 aromatic heterocycles.